The van der Waals surface area contributed by atoms with Crippen molar-refractivity contribution in [2.45, 2.75) is 13.8 Å². The summed E-state index contributed by atoms with van der Waals surface area (Å²) in [5.41, 5.74) is 6.62. The first-order valence-electron chi connectivity index (χ1n) is 16.9. The summed E-state index contributed by atoms with van der Waals surface area (Å²) in [6.07, 6.45) is 7.27. The number of allylic oxidation sites excluding steroid dienone is 8. The van der Waals surface area contributed by atoms with Crippen LogP contribution in [0.1, 0.15) is 40.1 Å². The first-order valence-corrected chi connectivity index (χ1v) is 16.9. The molecule has 6 aromatic rings. The normalized spacial score (nSPS) is 16.0. The molecule has 0 spiro atoms. The molecule has 0 saturated heterocycles. The average Bonchev–Trinajstić information content (AvgIpc) is 3.38. The minimum absolute atomic E-state index is 0.152. The molecule has 1 aliphatic carbocycles. The fraction of sp³-hybridized carbons (Fsp3) is 0.0435. The fourth-order valence-electron chi connectivity index (χ4n) is 7.25. The molecule has 0 aromatic heterocycles. The second-order valence-electron chi connectivity index (χ2n) is 13.0. The molecule has 6 aromatic carbocycles. The standard InChI is InChI=1S/C46H31NO4/c1-28-21-36(27-37-23-33(22-29(2)50-37)44-45(48)40-24-31-12-6-7-13-32(31)25-41(40)46(44)49)51-43-26-35(19-20-38(28)43)47(34-15-4-3-5-16-34)42-18-10-14-30-11-8-9-17-39(30)42/h3-27H,1-2H3/b36-27+. The Balaban J connectivity index is 1.09. The van der Waals surface area contributed by atoms with E-state index in [2.05, 4.69) is 84.6 Å². The number of anilines is 3. The van der Waals surface area contributed by atoms with Gasteiger partial charge in [0, 0.05) is 45.6 Å². The first kappa shape index (κ1) is 30.3. The Labute approximate surface area is 295 Å². The monoisotopic (exact) mass is 661 g/mol. The summed E-state index contributed by atoms with van der Waals surface area (Å²) in [4.78, 5) is 29.6. The summed E-state index contributed by atoms with van der Waals surface area (Å²) in [5, 5.41) is 4.15. The van der Waals surface area contributed by atoms with Crippen LogP contribution in [0, 0.1) is 0 Å². The number of hydrogen-bond donors (Lipinski definition) is 0. The lowest BCUT2D eigenvalue weighted by Gasteiger charge is -2.28. The van der Waals surface area contributed by atoms with Crippen LogP contribution in [0.5, 0.6) is 5.75 Å². The smallest absolute Gasteiger partial charge is 0.198 e. The van der Waals surface area contributed by atoms with Crippen LogP contribution in [0.15, 0.2) is 180 Å². The lowest BCUT2D eigenvalue weighted by atomic mass is 9.99. The minimum atomic E-state index is -0.273. The van der Waals surface area contributed by atoms with Gasteiger partial charge in [0.05, 0.1) is 11.3 Å². The molecule has 5 nitrogen and oxygen atoms in total. The quantitative estimate of drug-likeness (QED) is 0.139. The van der Waals surface area contributed by atoms with Crippen LogP contribution in [-0.4, -0.2) is 11.6 Å². The van der Waals surface area contributed by atoms with E-state index >= 15 is 0 Å². The molecule has 0 fully saturated rings. The summed E-state index contributed by atoms with van der Waals surface area (Å²) in [6, 6.07) is 42.7. The molecule has 0 radical (unpaired) electrons. The molecule has 2 heterocycles. The van der Waals surface area contributed by atoms with Gasteiger partial charge in [-0.1, -0.05) is 78.9 Å². The molecule has 0 N–H and O–H groups in total. The molecule has 0 unspecified atom stereocenters. The molecule has 244 valence electrons. The molecule has 51 heavy (non-hydrogen) atoms. The van der Waals surface area contributed by atoms with E-state index in [1.807, 2.05) is 67.6 Å². The zero-order chi connectivity index (χ0) is 34.6. The highest BCUT2D eigenvalue weighted by Gasteiger charge is 2.36. The van der Waals surface area contributed by atoms with Crippen molar-refractivity contribution in [3.8, 4) is 5.75 Å². The maximum Gasteiger partial charge on any atom is 0.198 e. The number of fused-ring (bicyclic) bond motifs is 4. The van der Waals surface area contributed by atoms with Crippen molar-refractivity contribution in [1.29, 1.82) is 0 Å². The number of Topliss-reactive ketones (excluding diaryl/α,β-unsaturated/α-hetero) is 2. The van der Waals surface area contributed by atoms with E-state index in [1.165, 1.54) is 0 Å². The van der Waals surface area contributed by atoms with Crippen molar-refractivity contribution < 1.29 is 19.1 Å². The number of benzene rings is 6. The van der Waals surface area contributed by atoms with Crippen molar-refractivity contribution in [2.75, 3.05) is 4.90 Å². The van der Waals surface area contributed by atoms with E-state index in [1.54, 1.807) is 18.2 Å². The van der Waals surface area contributed by atoms with Gasteiger partial charge in [-0.2, -0.15) is 0 Å². The Kier molecular flexibility index (Phi) is 7.14. The number of para-hydroxylation sites is 1. The highest BCUT2D eigenvalue weighted by Crippen LogP contribution is 2.43. The third-order valence-electron chi connectivity index (χ3n) is 9.59. The van der Waals surface area contributed by atoms with E-state index in [0.717, 1.165) is 49.7 Å². The van der Waals surface area contributed by atoms with Crippen molar-refractivity contribution in [3.63, 3.8) is 0 Å². The van der Waals surface area contributed by atoms with Crippen LogP contribution >= 0.6 is 0 Å². The van der Waals surface area contributed by atoms with Crippen LogP contribution in [0.3, 0.4) is 0 Å². The van der Waals surface area contributed by atoms with Gasteiger partial charge >= 0.3 is 0 Å². The highest BCUT2D eigenvalue weighted by molar-refractivity contribution is 6.41. The molecule has 3 aliphatic rings. The SMILES string of the molecule is CC1=CC(=C2C(=O)c3cc4ccccc4cc3C2=O)C=C(/C=C2\C=C(C)c3ccc(N(c4ccccc4)c4cccc5ccccc45)cc3O2)O1. The second kappa shape index (κ2) is 12.0. The summed E-state index contributed by atoms with van der Waals surface area (Å²) in [6.45, 7) is 3.87. The lowest BCUT2D eigenvalue weighted by Crippen LogP contribution is -2.12. The summed E-state index contributed by atoms with van der Waals surface area (Å²) in [5.74, 6) is 1.79. The van der Waals surface area contributed by atoms with E-state index < -0.39 is 0 Å². The van der Waals surface area contributed by atoms with Crippen LogP contribution < -0.4 is 9.64 Å². The molecule has 0 amide bonds. The Morgan fingerprint density at radius 2 is 1.24 bits per heavy atom. The van der Waals surface area contributed by atoms with Gasteiger partial charge in [-0.25, -0.2) is 0 Å². The molecule has 0 bridgehead atoms. The van der Waals surface area contributed by atoms with Gasteiger partial charge < -0.3 is 14.4 Å². The Hall–Kier alpha value is -6.72. The van der Waals surface area contributed by atoms with Gasteiger partial charge in [-0.05, 0) is 102 Å². The number of ketones is 2. The van der Waals surface area contributed by atoms with Gasteiger partial charge in [0.2, 0.25) is 0 Å². The highest BCUT2D eigenvalue weighted by atomic mass is 16.5. The summed E-state index contributed by atoms with van der Waals surface area (Å²) in [7, 11) is 0. The van der Waals surface area contributed by atoms with Crippen LogP contribution in [0.25, 0.3) is 27.1 Å². The molecular formula is C46H31NO4. The number of ether oxygens (including phenoxy) is 2. The van der Waals surface area contributed by atoms with E-state index in [9.17, 15) is 9.59 Å². The predicted molar refractivity (Wildman–Crippen MR) is 204 cm³/mol. The Morgan fingerprint density at radius 1 is 0.569 bits per heavy atom. The van der Waals surface area contributed by atoms with Gasteiger partial charge in [-0.15, -0.1) is 0 Å². The fourth-order valence-corrected chi connectivity index (χ4v) is 7.25. The third kappa shape index (κ3) is 5.27. The van der Waals surface area contributed by atoms with Gasteiger partial charge in [0.15, 0.2) is 11.6 Å². The maximum atomic E-state index is 13.7. The minimum Gasteiger partial charge on any atom is -0.462 e. The number of hydrogen-bond acceptors (Lipinski definition) is 5. The first-order chi connectivity index (χ1) is 24.9. The van der Waals surface area contributed by atoms with E-state index in [4.69, 9.17) is 9.47 Å². The van der Waals surface area contributed by atoms with Crippen molar-refractivity contribution in [2.24, 2.45) is 0 Å². The zero-order valence-corrected chi connectivity index (χ0v) is 28.0. The van der Waals surface area contributed by atoms with Crippen molar-refractivity contribution in [1.82, 2.24) is 0 Å². The molecule has 0 atom stereocenters. The van der Waals surface area contributed by atoms with E-state index in [0.29, 0.717) is 39.7 Å². The Bertz CT molecular complexity index is 2580. The largest absolute Gasteiger partial charge is 0.462 e. The number of rotatable bonds is 4. The zero-order valence-electron chi connectivity index (χ0n) is 28.0. The summed E-state index contributed by atoms with van der Waals surface area (Å²) >= 11 is 0. The number of carbonyl (C=O) groups is 2. The van der Waals surface area contributed by atoms with Gasteiger partial charge in [0.25, 0.3) is 0 Å². The molecular weight excluding hydrogens is 631 g/mol. The Morgan fingerprint density at radius 3 is 1.98 bits per heavy atom. The van der Waals surface area contributed by atoms with Crippen LogP contribution in [0.4, 0.5) is 17.1 Å². The van der Waals surface area contributed by atoms with Crippen LogP contribution in [0.2, 0.25) is 0 Å². The van der Waals surface area contributed by atoms with Crippen molar-refractivity contribution >= 4 is 55.7 Å². The second-order valence-corrected chi connectivity index (χ2v) is 13.0. The maximum absolute atomic E-state index is 13.7. The third-order valence-corrected chi connectivity index (χ3v) is 9.59. The van der Waals surface area contributed by atoms with Crippen molar-refractivity contribution in [3.05, 3.63) is 197 Å². The number of nitrogens with zero attached hydrogens (tertiary/aromatic N) is 1. The van der Waals surface area contributed by atoms with Gasteiger partial charge in [-0.3, -0.25) is 9.59 Å². The topological polar surface area (TPSA) is 55.8 Å². The summed E-state index contributed by atoms with van der Waals surface area (Å²) < 4.78 is 12.7. The van der Waals surface area contributed by atoms with Crippen LogP contribution in [-0.2, 0) is 4.74 Å². The molecule has 2 aliphatic heterocycles. The molecule has 9 rings (SSSR count). The molecule has 5 heteroatoms. The predicted octanol–water partition coefficient (Wildman–Crippen LogP) is 11.3. The number of carbonyl (C=O) groups excluding carboxylic acids is 2. The lowest BCUT2D eigenvalue weighted by molar-refractivity contribution is 0.0987. The molecule has 0 saturated carbocycles. The van der Waals surface area contributed by atoms with E-state index in [-0.39, 0.29) is 17.1 Å². The average molecular weight is 662 g/mol. The van der Waals surface area contributed by atoms with Gasteiger partial charge in [0.1, 0.15) is 23.0 Å².